The van der Waals surface area contributed by atoms with Gasteiger partial charge in [-0.3, -0.25) is 4.79 Å². The largest absolute Gasteiger partial charge is 0.504 e. The highest BCUT2D eigenvalue weighted by atomic mass is 19.1. The molecule has 0 aliphatic carbocycles. The van der Waals surface area contributed by atoms with Crippen molar-refractivity contribution in [3.05, 3.63) is 64.6 Å². The van der Waals surface area contributed by atoms with Crippen LogP contribution in [0.1, 0.15) is 0 Å². The molecule has 0 aliphatic heterocycles. The van der Waals surface area contributed by atoms with Crippen LogP contribution in [-0.4, -0.2) is 5.11 Å². The maximum atomic E-state index is 13.5. The lowest BCUT2D eigenvalue weighted by atomic mass is 10.1. The minimum atomic E-state index is -0.525. The number of rotatable bonds is 1. The second kappa shape index (κ2) is 4.14. The number of benzene rings is 1. The van der Waals surface area contributed by atoms with Gasteiger partial charge in [-0.05, 0) is 23.8 Å². The maximum Gasteiger partial charge on any atom is 0.220 e. The van der Waals surface area contributed by atoms with Gasteiger partial charge in [-0.2, -0.15) is 0 Å². The van der Waals surface area contributed by atoms with Gasteiger partial charge in [-0.25, -0.2) is 4.39 Å². The summed E-state index contributed by atoms with van der Waals surface area (Å²) in [4.78, 5) is 11.4. The zero-order chi connectivity index (χ0) is 11.5. The monoisotopic (exact) mass is 216 g/mol. The van der Waals surface area contributed by atoms with Crippen molar-refractivity contribution in [1.29, 1.82) is 0 Å². The van der Waals surface area contributed by atoms with Crippen LogP contribution < -0.4 is 5.43 Å². The van der Waals surface area contributed by atoms with Gasteiger partial charge in [-0.15, -0.1) is 0 Å². The Hall–Kier alpha value is -2.16. The topological polar surface area (TPSA) is 37.3 Å². The molecule has 0 unspecified atom stereocenters. The van der Waals surface area contributed by atoms with Crippen LogP contribution in [0.2, 0.25) is 0 Å². The zero-order valence-corrected chi connectivity index (χ0v) is 8.35. The van der Waals surface area contributed by atoms with Gasteiger partial charge in [0.25, 0.3) is 0 Å². The number of aromatic hydroxyl groups is 1. The molecule has 80 valence electrons. The SMILES string of the molecule is O=c1cc(-c2ccccc2F)cccc1O. The third-order valence-electron chi connectivity index (χ3n) is 2.25. The fourth-order valence-electron chi connectivity index (χ4n) is 1.45. The van der Waals surface area contributed by atoms with Crippen LogP contribution in [0, 0.1) is 5.82 Å². The van der Waals surface area contributed by atoms with E-state index >= 15 is 0 Å². The maximum absolute atomic E-state index is 13.5. The standard InChI is InChI=1S/C13H9FO2/c14-11-6-2-1-5-10(11)9-4-3-7-12(15)13(16)8-9/h1-8H,(H,15,16). The first kappa shape index (κ1) is 10.4. The van der Waals surface area contributed by atoms with E-state index in [4.69, 9.17) is 0 Å². The lowest BCUT2D eigenvalue weighted by molar-refractivity contribution is 0.471. The van der Waals surface area contributed by atoms with Crippen LogP contribution in [0.25, 0.3) is 11.1 Å². The van der Waals surface area contributed by atoms with Crippen molar-refractivity contribution >= 4 is 0 Å². The molecule has 0 spiro atoms. The van der Waals surface area contributed by atoms with Crippen molar-refractivity contribution in [2.75, 3.05) is 0 Å². The molecule has 1 N–H and O–H groups in total. The molecule has 0 saturated heterocycles. The quantitative estimate of drug-likeness (QED) is 0.795. The molecule has 0 saturated carbocycles. The molecule has 0 aromatic heterocycles. The van der Waals surface area contributed by atoms with Crippen LogP contribution >= 0.6 is 0 Å². The van der Waals surface area contributed by atoms with Crippen molar-refractivity contribution in [2.45, 2.75) is 0 Å². The van der Waals surface area contributed by atoms with Gasteiger partial charge in [0.1, 0.15) is 5.82 Å². The smallest absolute Gasteiger partial charge is 0.220 e. The van der Waals surface area contributed by atoms with Crippen molar-refractivity contribution in [1.82, 2.24) is 0 Å². The molecule has 0 bridgehead atoms. The molecule has 0 amide bonds. The van der Waals surface area contributed by atoms with E-state index < -0.39 is 11.2 Å². The number of halogens is 1. The summed E-state index contributed by atoms with van der Waals surface area (Å²) in [5.74, 6) is -0.741. The molecule has 2 aromatic rings. The minimum absolute atomic E-state index is 0.343. The fraction of sp³-hybridized carbons (Fsp3) is 0. The summed E-state index contributed by atoms with van der Waals surface area (Å²) in [6.45, 7) is 0. The van der Waals surface area contributed by atoms with E-state index in [0.29, 0.717) is 11.1 Å². The first-order chi connectivity index (χ1) is 7.68. The summed E-state index contributed by atoms with van der Waals surface area (Å²) in [7, 11) is 0. The minimum Gasteiger partial charge on any atom is -0.504 e. The van der Waals surface area contributed by atoms with Gasteiger partial charge in [0.15, 0.2) is 5.75 Å². The third-order valence-corrected chi connectivity index (χ3v) is 2.25. The first-order valence-electron chi connectivity index (χ1n) is 4.77. The Balaban J connectivity index is 2.67. The lowest BCUT2D eigenvalue weighted by Gasteiger charge is -1.99. The molecule has 2 nitrogen and oxygen atoms in total. The summed E-state index contributed by atoms with van der Waals surface area (Å²) in [6.07, 6.45) is 0. The Morgan fingerprint density at radius 3 is 2.50 bits per heavy atom. The summed E-state index contributed by atoms with van der Waals surface area (Å²) in [6, 6.07) is 11.8. The first-order valence-corrected chi connectivity index (χ1v) is 4.77. The molecule has 16 heavy (non-hydrogen) atoms. The van der Waals surface area contributed by atoms with Crippen molar-refractivity contribution in [3.63, 3.8) is 0 Å². The molecule has 0 heterocycles. The van der Waals surface area contributed by atoms with Crippen LogP contribution in [0.15, 0.2) is 53.3 Å². The molecule has 0 radical (unpaired) electrons. The average molecular weight is 216 g/mol. The lowest BCUT2D eigenvalue weighted by Crippen LogP contribution is -1.94. The van der Waals surface area contributed by atoms with E-state index in [1.165, 1.54) is 24.3 Å². The van der Waals surface area contributed by atoms with Gasteiger partial charge in [0.2, 0.25) is 5.43 Å². The second-order valence-electron chi connectivity index (χ2n) is 3.35. The number of hydrogen-bond acceptors (Lipinski definition) is 2. The van der Waals surface area contributed by atoms with Gasteiger partial charge in [0.05, 0.1) is 0 Å². The van der Waals surface area contributed by atoms with Gasteiger partial charge < -0.3 is 5.11 Å². The van der Waals surface area contributed by atoms with E-state index in [2.05, 4.69) is 0 Å². The molecule has 2 aromatic carbocycles. The predicted octanol–water partition coefficient (Wildman–Crippen LogP) is 2.56. The van der Waals surface area contributed by atoms with Crippen LogP contribution in [0.4, 0.5) is 4.39 Å². The molecule has 0 aliphatic rings. The van der Waals surface area contributed by atoms with Crippen molar-refractivity contribution < 1.29 is 9.50 Å². The molecule has 0 fully saturated rings. The summed E-state index contributed by atoms with van der Waals surface area (Å²) in [5, 5.41) is 9.21. The Kier molecular flexibility index (Phi) is 2.68. The van der Waals surface area contributed by atoms with E-state index in [-0.39, 0.29) is 5.75 Å². The summed E-state index contributed by atoms with van der Waals surface area (Å²) in [5.41, 5.74) is 0.266. The summed E-state index contributed by atoms with van der Waals surface area (Å²) < 4.78 is 13.5. The van der Waals surface area contributed by atoms with Crippen LogP contribution in [0.5, 0.6) is 5.75 Å². The third kappa shape index (κ3) is 1.93. The van der Waals surface area contributed by atoms with Crippen molar-refractivity contribution in [2.24, 2.45) is 0 Å². The predicted molar refractivity (Wildman–Crippen MR) is 59.8 cm³/mol. The summed E-state index contributed by atoms with van der Waals surface area (Å²) >= 11 is 0. The molecule has 2 rings (SSSR count). The molecule has 0 atom stereocenters. The van der Waals surface area contributed by atoms with E-state index in [0.717, 1.165) is 0 Å². The molecule has 3 heteroatoms. The second-order valence-corrected chi connectivity index (χ2v) is 3.35. The van der Waals surface area contributed by atoms with Crippen LogP contribution in [0.3, 0.4) is 0 Å². The normalized spacial score (nSPS) is 10.1. The Labute approximate surface area is 91.6 Å². The highest BCUT2D eigenvalue weighted by Crippen LogP contribution is 2.20. The van der Waals surface area contributed by atoms with Crippen LogP contribution in [-0.2, 0) is 0 Å². The van der Waals surface area contributed by atoms with Crippen molar-refractivity contribution in [3.8, 4) is 16.9 Å². The van der Waals surface area contributed by atoms with E-state index in [1.54, 1.807) is 24.3 Å². The number of hydrogen-bond donors (Lipinski definition) is 1. The fourth-order valence-corrected chi connectivity index (χ4v) is 1.45. The highest BCUT2D eigenvalue weighted by Gasteiger charge is 2.04. The Morgan fingerprint density at radius 2 is 1.75 bits per heavy atom. The molecular formula is C13H9FO2. The molecular weight excluding hydrogens is 207 g/mol. The highest BCUT2D eigenvalue weighted by molar-refractivity contribution is 5.63. The van der Waals surface area contributed by atoms with Gasteiger partial charge in [-0.1, -0.05) is 30.3 Å². The Bertz CT molecular complexity index is 579. The van der Waals surface area contributed by atoms with E-state index in [9.17, 15) is 14.3 Å². The van der Waals surface area contributed by atoms with E-state index in [1.807, 2.05) is 0 Å². The zero-order valence-electron chi connectivity index (χ0n) is 8.35. The Morgan fingerprint density at radius 1 is 1.00 bits per heavy atom. The van der Waals surface area contributed by atoms with Gasteiger partial charge >= 0.3 is 0 Å². The van der Waals surface area contributed by atoms with Gasteiger partial charge in [0, 0.05) is 5.56 Å². The average Bonchev–Trinajstić information content (AvgIpc) is 2.43.